The fourth-order valence-corrected chi connectivity index (χ4v) is 1.79. The van der Waals surface area contributed by atoms with Crippen molar-refractivity contribution in [2.75, 3.05) is 18.9 Å². The van der Waals surface area contributed by atoms with Gasteiger partial charge >= 0.3 is 0 Å². The third-order valence-corrected chi connectivity index (χ3v) is 3.07. The van der Waals surface area contributed by atoms with Crippen LogP contribution in [0.4, 0.5) is 5.82 Å². The Kier molecular flexibility index (Phi) is 5.03. The van der Waals surface area contributed by atoms with Gasteiger partial charge in [-0.3, -0.25) is 4.79 Å². The monoisotopic (exact) mass is 302 g/mol. The molecule has 0 fully saturated rings. The summed E-state index contributed by atoms with van der Waals surface area (Å²) in [6, 6.07) is 7.63. The first-order valence-electron chi connectivity index (χ1n) is 6.78. The van der Waals surface area contributed by atoms with Crippen LogP contribution in [0, 0.1) is 6.92 Å². The van der Waals surface area contributed by atoms with Gasteiger partial charge < -0.3 is 21.3 Å². The second kappa shape index (κ2) is 6.97. The molecule has 2 aromatic rings. The van der Waals surface area contributed by atoms with Crippen molar-refractivity contribution < 1.29 is 15.0 Å². The molecule has 116 valence electrons. The number of aromatic nitrogens is 2. The van der Waals surface area contributed by atoms with Crippen molar-refractivity contribution in [2.45, 2.75) is 13.0 Å². The lowest BCUT2D eigenvalue weighted by Crippen LogP contribution is -2.34. The van der Waals surface area contributed by atoms with Crippen LogP contribution < -0.4 is 11.1 Å². The highest BCUT2D eigenvalue weighted by Crippen LogP contribution is 2.18. The molecule has 1 heterocycles. The van der Waals surface area contributed by atoms with E-state index < -0.39 is 18.6 Å². The summed E-state index contributed by atoms with van der Waals surface area (Å²) in [6.45, 7) is 1.44. The van der Waals surface area contributed by atoms with Crippen LogP contribution in [0.25, 0.3) is 11.3 Å². The number of amides is 1. The molecule has 0 unspecified atom stereocenters. The lowest BCUT2D eigenvalue weighted by Gasteiger charge is -2.10. The molecule has 1 aromatic carbocycles. The molecule has 1 amide bonds. The maximum atomic E-state index is 12.0. The number of aliphatic hydroxyl groups excluding tert-OH is 2. The molecule has 0 radical (unpaired) electrons. The topological polar surface area (TPSA) is 121 Å². The molecule has 7 nitrogen and oxygen atoms in total. The smallest absolute Gasteiger partial charge is 0.273 e. The molecule has 0 aliphatic rings. The molecule has 0 bridgehead atoms. The fourth-order valence-electron chi connectivity index (χ4n) is 1.79. The second-order valence-electron chi connectivity index (χ2n) is 4.90. The van der Waals surface area contributed by atoms with E-state index in [2.05, 4.69) is 15.3 Å². The van der Waals surface area contributed by atoms with E-state index in [0.29, 0.717) is 5.69 Å². The maximum absolute atomic E-state index is 12.0. The summed E-state index contributed by atoms with van der Waals surface area (Å²) in [6.07, 6.45) is 0.470. The standard InChI is InChI=1S/C15H18N4O3/c1-9-2-4-10(5-3-9)12-7-17-14(16)13(19-12)15(22)18-6-11(21)8-20/h2-5,7,11,20-21H,6,8H2,1H3,(H2,16,17)(H,18,22)/t11-/m0/s1. The average Bonchev–Trinajstić information content (AvgIpc) is 2.53. The van der Waals surface area contributed by atoms with Gasteiger partial charge in [0, 0.05) is 12.1 Å². The van der Waals surface area contributed by atoms with Crippen molar-refractivity contribution in [2.24, 2.45) is 0 Å². The molecule has 0 saturated heterocycles. The van der Waals surface area contributed by atoms with Crippen LogP contribution >= 0.6 is 0 Å². The minimum atomic E-state index is -1.03. The Morgan fingerprint density at radius 1 is 1.36 bits per heavy atom. The van der Waals surface area contributed by atoms with Gasteiger partial charge in [0.25, 0.3) is 5.91 Å². The second-order valence-corrected chi connectivity index (χ2v) is 4.90. The summed E-state index contributed by atoms with van der Waals surface area (Å²) >= 11 is 0. The van der Waals surface area contributed by atoms with E-state index in [1.54, 1.807) is 0 Å². The zero-order valence-electron chi connectivity index (χ0n) is 12.2. The van der Waals surface area contributed by atoms with Gasteiger partial charge in [-0.2, -0.15) is 0 Å². The number of aryl methyl sites for hydroxylation is 1. The van der Waals surface area contributed by atoms with Gasteiger partial charge in [-0.05, 0) is 6.92 Å². The van der Waals surface area contributed by atoms with Gasteiger partial charge in [-0.15, -0.1) is 0 Å². The Morgan fingerprint density at radius 3 is 2.68 bits per heavy atom. The zero-order chi connectivity index (χ0) is 16.1. The summed E-state index contributed by atoms with van der Waals surface area (Å²) in [5.74, 6) is -0.543. The normalized spacial score (nSPS) is 12.0. The maximum Gasteiger partial charge on any atom is 0.273 e. The molecule has 2 rings (SSSR count). The SMILES string of the molecule is Cc1ccc(-c2cnc(N)c(C(=O)NC[C@H](O)CO)n2)cc1. The number of carbonyl (C=O) groups is 1. The van der Waals surface area contributed by atoms with Crippen molar-refractivity contribution >= 4 is 11.7 Å². The van der Waals surface area contributed by atoms with E-state index in [1.807, 2.05) is 31.2 Å². The number of nitrogens with zero attached hydrogens (tertiary/aromatic N) is 2. The Morgan fingerprint density at radius 2 is 2.05 bits per heavy atom. The van der Waals surface area contributed by atoms with E-state index in [9.17, 15) is 9.90 Å². The van der Waals surface area contributed by atoms with Crippen molar-refractivity contribution in [1.82, 2.24) is 15.3 Å². The number of nitrogens with one attached hydrogen (secondary N) is 1. The van der Waals surface area contributed by atoms with Gasteiger partial charge in [0.05, 0.1) is 24.6 Å². The van der Waals surface area contributed by atoms with Crippen LogP contribution in [-0.2, 0) is 0 Å². The third-order valence-electron chi connectivity index (χ3n) is 3.07. The average molecular weight is 302 g/mol. The highest BCUT2D eigenvalue weighted by atomic mass is 16.3. The Labute approximate surface area is 127 Å². The van der Waals surface area contributed by atoms with Crippen LogP contribution in [0.15, 0.2) is 30.5 Å². The Bertz CT molecular complexity index is 658. The molecule has 1 aromatic heterocycles. The molecule has 7 heteroatoms. The van der Waals surface area contributed by atoms with Gasteiger partial charge in [0.1, 0.15) is 0 Å². The van der Waals surface area contributed by atoms with Crippen molar-refractivity contribution in [3.63, 3.8) is 0 Å². The largest absolute Gasteiger partial charge is 0.394 e. The van der Waals surface area contributed by atoms with Gasteiger partial charge in [-0.1, -0.05) is 29.8 Å². The van der Waals surface area contributed by atoms with Crippen molar-refractivity contribution in [3.8, 4) is 11.3 Å². The summed E-state index contributed by atoms with van der Waals surface area (Å²) in [5, 5.41) is 20.4. The predicted octanol–water partition coefficient (Wildman–Crippen LogP) is 0.117. The number of rotatable bonds is 5. The van der Waals surface area contributed by atoms with Crippen molar-refractivity contribution in [1.29, 1.82) is 0 Å². The Hall–Kier alpha value is -2.51. The van der Waals surface area contributed by atoms with E-state index in [1.165, 1.54) is 6.20 Å². The lowest BCUT2D eigenvalue weighted by molar-refractivity contribution is 0.0799. The van der Waals surface area contributed by atoms with E-state index in [4.69, 9.17) is 10.8 Å². The van der Waals surface area contributed by atoms with Gasteiger partial charge in [-0.25, -0.2) is 9.97 Å². The first-order valence-corrected chi connectivity index (χ1v) is 6.78. The number of anilines is 1. The number of nitrogens with two attached hydrogens (primary N) is 1. The lowest BCUT2D eigenvalue weighted by atomic mass is 10.1. The van der Waals surface area contributed by atoms with Crippen LogP contribution in [0.1, 0.15) is 16.1 Å². The van der Waals surface area contributed by atoms with Crippen LogP contribution in [0.2, 0.25) is 0 Å². The summed E-state index contributed by atoms with van der Waals surface area (Å²) in [5.41, 5.74) is 8.14. The first-order chi connectivity index (χ1) is 10.5. The molecule has 0 spiro atoms. The molecule has 0 saturated carbocycles. The van der Waals surface area contributed by atoms with Crippen LogP contribution in [0.5, 0.6) is 0 Å². The summed E-state index contributed by atoms with van der Waals surface area (Å²) in [4.78, 5) is 20.3. The highest BCUT2D eigenvalue weighted by molar-refractivity contribution is 5.96. The van der Waals surface area contributed by atoms with E-state index >= 15 is 0 Å². The number of nitrogen functional groups attached to an aromatic ring is 1. The molecule has 0 aliphatic carbocycles. The highest BCUT2D eigenvalue weighted by Gasteiger charge is 2.15. The van der Waals surface area contributed by atoms with Crippen molar-refractivity contribution in [3.05, 3.63) is 41.7 Å². The Balaban J connectivity index is 2.23. The molecule has 1 atom stereocenters. The number of hydrogen-bond acceptors (Lipinski definition) is 6. The quantitative estimate of drug-likeness (QED) is 0.622. The number of aliphatic hydroxyl groups is 2. The summed E-state index contributed by atoms with van der Waals surface area (Å²) < 4.78 is 0. The predicted molar refractivity (Wildman–Crippen MR) is 82.0 cm³/mol. The zero-order valence-corrected chi connectivity index (χ0v) is 12.2. The first kappa shape index (κ1) is 15.9. The molecule has 5 N–H and O–H groups in total. The van der Waals surface area contributed by atoms with Gasteiger partial charge in [0.2, 0.25) is 0 Å². The number of carbonyl (C=O) groups excluding carboxylic acids is 1. The third kappa shape index (κ3) is 3.78. The van der Waals surface area contributed by atoms with Crippen LogP contribution in [0.3, 0.4) is 0 Å². The molecular weight excluding hydrogens is 284 g/mol. The van der Waals surface area contributed by atoms with Crippen LogP contribution in [-0.4, -0.2) is 45.3 Å². The van der Waals surface area contributed by atoms with E-state index in [-0.39, 0.29) is 18.1 Å². The number of hydrogen-bond donors (Lipinski definition) is 4. The molecular formula is C15H18N4O3. The van der Waals surface area contributed by atoms with Gasteiger partial charge in [0.15, 0.2) is 11.5 Å². The molecule has 22 heavy (non-hydrogen) atoms. The summed E-state index contributed by atoms with van der Waals surface area (Å²) in [7, 11) is 0. The fraction of sp³-hybridized carbons (Fsp3) is 0.267. The molecule has 0 aliphatic heterocycles. The minimum absolute atomic E-state index is 0.00634. The minimum Gasteiger partial charge on any atom is -0.394 e. The number of benzene rings is 1. The van der Waals surface area contributed by atoms with E-state index in [0.717, 1.165) is 11.1 Å².